The van der Waals surface area contributed by atoms with E-state index < -0.39 is 5.82 Å². The lowest BCUT2D eigenvalue weighted by Crippen LogP contribution is -2.46. The summed E-state index contributed by atoms with van der Waals surface area (Å²) < 4.78 is 23.5. The Morgan fingerprint density at radius 3 is 3.11 bits per heavy atom. The van der Waals surface area contributed by atoms with Gasteiger partial charge in [0.2, 0.25) is 0 Å². The molecule has 1 aromatic rings. The standard InChI is InChI=1S/C13H15ClFNO3/c1-9-7-16(4-5-18-9)13(17)8-19-12-3-2-10(15)6-11(12)14/h2-3,6,9H,4-5,7-8H2,1H3. The Hall–Kier alpha value is -1.33. The SMILES string of the molecule is CC1CN(C(=O)COc2ccc(F)cc2Cl)CCO1. The third-order valence-electron chi connectivity index (χ3n) is 2.84. The lowest BCUT2D eigenvalue weighted by atomic mass is 10.3. The van der Waals surface area contributed by atoms with Crippen LogP contribution in [0.1, 0.15) is 6.92 Å². The van der Waals surface area contributed by atoms with E-state index in [4.69, 9.17) is 21.1 Å². The van der Waals surface area contributed by atoms with Crippen LogP contribution in [0.4, 0.5) is 4.39 Å². The fraction of sp³-hybridized carbons (Fsp3) is 0.462. The summed E-state index contributed by atoms with van der Waals surface area (Å²) in [7, 11) is 0. The molecule has 0 aromatic heterocycles. The van der Waals surface area contributed by atoms with Gasteiger partial charge in [0.15, 0.2) is 6.61 Å². The van der Waals surface area contributed by atoms with Crippen LogP contribution in [-0.4, -0.2) is 43.2 Å². The van der Waals surface area contributed by atoms with Gasteiger partial charge in [0.05, 0.1) is 17.7 Å². The number of hydrogen-bond acceptors (Lipinski definition) is 3. The lowest BCUT2D eigenvalue weighted by molar-refractivity contribution is -0.140. The van der Waals surface area contributed by atoms with Gasteiger partial charge in [-0.2, -0.15) is 0 Å². The minimum atomic E-state index is -0.439. The number of carbonyl (C=O) groups is 1. The third-order valence-corrected chi connectivity index (χ3v) is 3.13. The molecule has 0 bridgehead atoms. The zero-order valence-corrected chi connectivity index (χ0v) is 11.3. The van der Waals surface area contributed by atoms with Crippen LogP contribution in [0.25, 0.3) is 0 Å². The van der Waals surface area contributed by atoms with Crippen molar-refractivity contribution in [2.75, 3.05) is 26.3 Å². The third kappa shape index (κ3) is 3.81. The van der Waals surface area contributed by atoms with Crippen molar-refractivity contribution in [1.29, 1.82) is 0 Å². The van der Waals surface area contributed by atoms with E-state index in [-0.39, 0.29) is 23.6 Å². The van der Waals surface area contributed by atoms with Crippen molar-refractivity contribution < 1.29 is 18.7 Å². The number of benzene rings is 1. The first-order valence-corrected chi connectivity index (χ1v) is 6.41. The van der Waals surface area contributed by atoms with E-state index in [9.17, 15) is 9.18 Å². The Morgan fingerprint density at radius 1 is 1.63 bits per heavy atom. The predicted molar refractivity (Wildman–Crippen MR) is 68.9 cm³/mol. The molecule has 0 N–H and O–H groups in total. The van der Waals surface area contributed by atoms with E-state index in [1.165, 1.54) is 12.1 Å². The summed E-state index contributed by atoms with van der Waals surface area (Å²) in [6.45, 7) is 3.45. The van der Waals surface area contributed by atoms with Crippen molar-refractivity contribution in [3.63, 3.8) is 0 Å². The second-order valence-electron chi connectivity index (χ2n) is 4.38. The maximum absolute atomic E-state index is 12.9. The van der Waals surface area contributed by atoms with E-state index in [0.29, 0.717) is 25.4 Å². The Balaban J connectivity index is 1.89. The molecule has 4 nitrogen and oxygen atoms in total. The molecule has 1 fully saturated rings. The van der Waals surface area contributed by atoms with Crippen LogP contribution in [0.2, 0.25) is 5.02 Å². The van der Waals surface area contributed by atoms with Crippen LogP contribution < -0.4 is 4.74 Å². The van der Waals surface area contributed by atoms with Crippen LogP contribution in [0.5, 0.6) is 5.75 Å². The van der Waals surface area contributed by atoms with Gasteiger partial charge in [-0.15, -0.1) is 0 Å². The predicted octanol–water partition coefficient (Wildman–Crippen LogP) is 2.11. The second kappa shape index (κ2) is 6.21. The largest absolute Gasteiger partial charge is 0.482 e. The summed E-state index contributed by atoms with van der Waals surface area (Å²) >= 11 is 5.81. The minimum absolute atomic E-state index is 0.0344. The monoisotopic (exact) mass is 287 g/mol. The summed E-state index contributed by atoms with van der Waals surface area (Å²) in [5.74, 6) is -0.265. The number of amides is 1. The fourth-order valence-electron chi connectivity index (χ4n) is 1.87. The van der Waals surface area contributed by atoms with Crippen LogP contribution in [0, 0.1) is 5.82 Å². The first-order chi connectivity index (χ1) is 9.06. The maximum atomic E-state index is 12.9. The molecular formula is C13H15ClFNO3. The van der Waals surface area contributed by atoms with Crippen molar-refractivity contribution in [3.8, 4) is 5.75 Å². The zero-order valence-electron chi connectivity index (χ0n) is 10.6. The van der Waals surface area contributed by atoms with Crippen LogP contribution >= 0.6 is 11.6 Å². The molecule has 0 spiro atoms. The van der Waals surface area contributed by atoms with Gasteiger partial charge < -0.3 is 14.4 Å². The molecule has 1 saturated heterocycles. The molecule has 2 rings (SSSR count). The van der Waals surface area contributed by atoms with Gasteiger partial charge in [-0.05, 0) is 25.1 Å². The Bertz CT molecular complexity index is 469. The van der Waals surface area contributed by atoms with E-state index in [1.54, 1.807) is 4.90 Å². The number of nitrogens with zero attached hydrogens (tertiary/aromatic N) is 1. The molecule has 6 heteroatoms. The van der Waals surface area contributed by atoms with E-state index in [2.05, 4.69) is 0 Å². The van der Waals surface area contributed by atoms with Crippen LogP contribution in [0.3, 0.4) is 0 Å². The molecule has 0 saturated carbocycles. The highest BCUT2D eigenvalue weighted by molar-refractivity contribution is 6.32. The van der Waals surface area contributed by atoms with Gasteiger partial charge in [-0.3, -0.25) is 4.79 Å². The first kappa shape index (κ1) is 14.1. The molecule has 104 valence electrons. The Kier molecular flexibility index (Phi) is 4.61. The Morgan fingerprint density at radius 2 is 2.42 bits per heavy atom. The van der Waals surface area contributed by atoms with Crippen molar-refractivity contribution >= 4 is 17.5 Å². The second-order valence-corrected chi connectivity index (χ2v) is 4.79. The summed E-state index contributed by atoms with van der Waals surface area (Å²) in [5, 5.41) is 0.156. The van der Waals surface area contributed by atoms with E-state index in [0.717, 1.165) is 6.07 Å². The molecule has 1 aliphatic rings. The molecule has 1 aliphatic heterocycles. The molecule has 0 radical (unpaired) electrons. The summed E-state index contributed by atoms with van der Waals surface area (Å²) in [4.78, 5) is 13.6. The highest BCUT2D eigenvalue weighted by Gasteiger charge is 2.21. The highest BCUT2D eigenvalue weighted by Crippen LogP contribution is 2.24. The van der Waals surface area contributed by atoms with E-state index in [1.807, 2.05) is 6.92 Å². The van der Waals surface area contributed by atoms with Crippen molar-refractivity contribution in [3.05, 3.63) is 29.0 Å². The van der Waals surface area contributed by atoms with Crippen molar-refractivity contribution in [2.45, 2.75) is 13.0 Å². The van der Waals surface area contributed by atoms with Gasteiger partial charge >= 0.3 is 0 Å². The molecule has 1 heterocycles. The number of halogens is 2. The minimum Gasteiger partial charge on any atom is -0.482 e. The number of carbonyl (C=O) groups excluding carboxylic acids is 1. The van der Waals surface area contributed by atoms with Gasteiger partial charge in [-0.1, -0.05) is 11.6 Å². The topological polar surface area (TPSA) is 38.8 Å². The number of hydrogen-bond donors (Lipinski definition) is 0. The number of morpholine rings is 1. The van der Waals surface area contributed by atoms with Gasteiger partial charge in [0.25, 0.3) is 5.91 Å². The zero-order chi connectivity index (χ0) is 13.8. The average molecular weight is 288 g/mol. The molecule has 1 aromatic carbocycles. The maximum Gasteiger partial charge on any atom is 0.260 e. The van der Waals surface area contributed by atoms with Crippen molar-refractivity contribution in [1.82, 2.24) is 4.90 Å². The molecule has 0 aliphatic carbocycles. The smallest absolute Gasteiger partial charge is 0.260 e. The summed E-state index contributed by atoms with van der Waals surface area (Å²) in [6.07, 6.45) is 0.0344. The molecule has 1 unspecified atom stereocenters. The normalized spacial score (nSPS) is 19.3. The average Bonchev–Trinajstić information content (AvgIpc) is 2.37. The molecule has 19 heavy (non-hydrogen) atoms. The lowest BCUT2D eigenvalue weighted by Gasteiger charge is -2.31. The number of ether oxygens (including phenoxy) is 2. The number of rotatable bonds is 3. The first-order valence-electron chi connectivity index (χ1n) is 6.03. The quantitative estimate of drug-likeness (QED) is 0.855. The molecule has 1 amide bonds. The highest BCUT2D eigenvalue weighted by atomic mass is 35.5. The fourth-order valence-corrected chi connectivity index (χ4v) is 2.09. The van der Waals surface area contributed by atoms with E-state index >= 15 is 0 Å². The van der Waals surface area contributed by atoms with Crippen LogP contribution in [-0.2, 0) is 9.53 Å². The van der Waals surface area contributed by atoms with Crippen LogP contribution in [0.15, 0.2) is 18.2 Å². The summed E-state index contributed by atoms with van der Waals surface area (Å²) in [5.41, 5.74) is 0. The van der Waals surface area contributed by atoms with Crippen molar-refractivity contribution in [2.24, 2.45) is 0 Å². The summed E-state index contributed by atoms with van der Waals surface area (Å²) in [6, 6.07) is 3.80. The van der Waals surface area contributed by atoms with Gasteiger partial charge in [0, 0.05) is 13.1 Å². The van der Waals surface area contributed by atoms with Gasteiger partial charge in [0.1, 0.15) is 11.6 Å². The Labute approximate surface area is 116 Å². The molecular weight excluding hydrogens is 273 g/mol. The van der Waals surface area contributed by atoms with Gasteiger partial charge in [-0.25, -0.2) is 4.39 Å². The molecule has 1 atom stereocenters.